The molecule has 43 heavy (non-hydrogen) atoms. The summed E-state index contributed by atoms with van der Waals surface area (Å²) in [5, 5.41) is 24.5. The van der Waals surface area contributed by atoms with E-state index in [1.165, 1.54) is 24.3 Å². The minimum atomic E-state index is -0.800. The highest BCUT2D eigenvalue weighted by Crippen LogP contribution is 2.39. The van der Waals surface area contributed by atoms with Crippen LogP contribution in [0, 0.1) is 20.2 Å². The quantitative estimate of drug-likeness (QED) is 0.150. The number of non-ortho nitro benzene ring substituents is 1. The number of hydrogen-bond acceptors (Lipinski definition) is 11. The molecule has 3 aromatic carbocycles. The predicted octanol–water partition coefficient (Wildman–Crippen LogP) is 5.77. The molecule has 222 valence electrons. The number of thioether (sulfide) groups is 1. The molecule has 0 aliphatic carbocycles. The second kappa shape index (κ2) is 13.5. The van der Waals surface area contributed by atoms with Gasteiger partial charge >= 0.3 is 5.69 Å². The van der Waals surface area contributed by atoms with E-state index in [4.69, 9.17) is 14.2 Å². The number of ether oxygens (including phenoxy) is 3. The molecule has 1 aliphatic heterocycles. The number of nitrogens with zero attached hydrogens (tertiary/aromatic N) is 3. The van der Waals surface area contributed by atoms with Crippen LogP contribution in [0.4, 0.5) is 21.9 Å². The number of carbonyl (C=O) groups excluding carboxylic acids is 3. The monoisotopic (exact) mass is 608 g/mol. The Balaban J connectivity index is 1.49. The van der Waals surface area contributed by atoms with E-state index in [0.29, 0.717) is 35.4 Å². The van der Waals surface area contributed by atoms with Crippen molar-refractivity contribution in [2.45, 2.75) is 13.8 Å². The fourth-order valence-corrected chi connectivity index (χ4v) is 4.71. The first-order valence-corrected chi connectivity index (χ1v) is 13.6. The maximum absolute atomic E-state index is 13.0. The Morgan fingerprint density at radius 2 is 1.60 bits per heavy atom. The van der Waals surface area contributed by atoms with Crippen LogP contribution in [0.15, 0.2) is 65.6 Å². The van der Waals surface area contributed by atoms with E-state index in [-0.39, 0.29) is 28.8 Å². The van der Waals surface area contributed by atoms with E-state index in [1.54, 1.807) is 31.2 Å². The van der Waals surface area contributed by atoms with Crippen molar-refractivity contribution in [2.75, 3.05) is 25.1 Å². The lowest BCUT2D eigenvalue weighted by atomic mass is 10.1. The molecule has 0 unspecified atom stereocenters. The molecule has 0 radical (unpaired) electrons. The summed E-state index contributed by atoms with van der Waals surface area (Å²) in [7, 11) is 0. The van der Waals surface area contributed by atoms with Crippen LogP contribution in [0.1, 0.15) is 19.4 Å². The highest BCUT2D eigenvalue weighted by Gasteiger charge is 2.36. The van der Waals surface area contributed by atoms with E-state index < -0.39 is 44.8 Å². The maximum Gasteiger partial charge on any atom is 0.318 e. The Morgan fingerprint density at radius 1 is 0.907 bits per heavy atom. The first kappa shape index (κ1) is 30.5. The number of amides is 3. The lowest BCUT2D eigenvalue weighted by molar-refractivity contribution is -0.394. The molecule has 0 aromatic heterocycles. The van der Waals surface area contributed by atoms with Crippen molar-refractivity contribution in [1.82, 2.24) is 4.90 Å². The molecular weight excluding hydrogens is 584 g/mol. The normalized spacial score (nSPS) is 13.6. The average Bonchev–Trinajstić information content (AvgIpc) is 3.22. The number of carbonyl (C=O) groups is 3. The van der Waals surface area contributed by atoms with Gasteiger partial charge in [0, 0.05) is 11.8 Å². The number of rotatable bonds is 12. The Bertz CT molecular complexity index is 1620. The zero-order chi connectivity index (χ0) is 31.1. The fraction of sp³-hybridized carbons (Fsp3) is 0.179. The zero-order valence-electron chi connectivity index (χ0n) is 22.8. The number of nitro groups is 2. The Labute approximate surface area is 248 Å². The lowest BCUT2D eigenvalue weighted by Gasteiger charge is -2.13. The standard InChI is InChI=1S/C28H24N4O10S/c1-3-40-20-9-6-18(7-10-20)29-26(33)16-30-27(34)25(43-28(30)35)14-17-5-11-23(24(13-17)41-4-2)42-22-12-8-19(31(36)37)15-21(22)32(38)39/h5-15H,3-4,16H2,1-2H3,(H,29,33)/b25-14+. The summed E-state index contributed by atoms with van der Waals surface area (Å²) in [5.74, 6) is -0.581. The summed E-state index contributed by atoms with van der Waals surface area (Å²) in [4.78, 5) is 59.9. The first-order valence-electron chi connectivity index (χ1n) is 12.7. The van der Waals surface area contributed by atoms with Crippen LogP contribution in [0.2, 0.25) is 0 Å². The van der Waals surface area contributed by atoms with Crippen LogP contribution in [-0.4, -0.2) is 51.6 Å². The summed E-state index contributed by atoms with van der Waals surface area (Å²) in [6, 6.07) is 14.1. The Hall–Kier alpha value is -5.44. The molecular formula is C28H24N4O10S. The molecule has 0 spiro atoms. The molecule has 0 bridgehead atoms. The number of hydrogen-bond donors (Lipinski definition) is 1. The number of imide groups is 1. The van der Waals surface area contributed by atoms with Gasteiger partial charge in [-0.2, -0.15) is 0 Å². The lowest BCUT2D eigenvalue weighted by Crippen LogP contribution is -2.36. The molecule has 0 saturated carbocycles. The van der Waals surface area contributed by atoms with Crippen LogP contribution in [0.3, 0.4) is 0 Å². The van der Waals surface area contributed by atoms with Gasteiger partial charge in [-0.25, -0.2) is 0 Å². The number of benzene rings is 3. The highest BCUT2D eigenvalue weighted by atomic mass is 32.2. The third-order valence-electron chi connectivity index (χ3n) is 5.76. The molecule has 1 heterocycles. The van der Waals surface area contributed by atoms with Crippen LogP contribution in [0.25, 0.3) is 6.08 Å². The SMILES string of the molecule is CCOc1ccc(NC(=O)CN2C(=O)S/C(=C/c3ccc(Oc4ccc([N+](=O)[O-])cc4[N+](=O)[O-])c(OCC)c3)C2=O)cc1. The van der Waals surface area contributed by atoms with E-state index in [0.717, 1.165) is 23.1 Å². The van der Waals surface area contributed by atoms with E-state index in [9.17, 15) is 34.6 Å². The summed E-state index contributed by atoms with van der Waals surface area (Å²) < 4.78 is 16.7. The smallest absolute Gasteiger partial charge is 0.318 e. The molecule has 1 fully saturated rings. The summed E-state index contributed by atoms with van der Waals surface area (Å²) in [6.07, 6.45) is 1.44. The molecule has 1 N–H and O–H groups in total. The molecule has 15 heteroatoms. The van der Waals surface area contributed by atoms with Gasteiger partial charge in [0.2, 0.25) is 11.7 Å². The van der Waals surface area contributed by atoms with Crippen molar-refractivity contribution in [1.29, 1.82) is 0 Å². The van der Waals surface area contributed by atoms with E-state index in [2.05, 4.69) is 5.32 Å². The second-order valence-corrected chi connectivity index (χ2v) is 9.67. The van der Waals surface area contributed by atoms with Crippen LogP contribution < -0.4 is 19.5 Å². The van der Waals surface area contributed by atoms with Gasteiger partial charge in [0.15, 0.2) is 11.5 Å². The molecule has 4 rings (SSSR count). The predicted molar refractivity (Wildman–Crippen MR) is 156 cm³/mol. The second-order valence-electron chi connectivity index (χ2n) is 8.68. The summed E-state index contributed by atoms with van der Waals surface area (Å²) in [6.45, 7) is 3.76. The minimum absolute atomic E-state index is 0.0704. The third kappa shape index (κ3) is 7.45. The number of anilines is 1. The highest BCUT2D eigenvalue weighted by molar-refractivity contribution is 8.18. The third-order valence-corrected chi connectivity index (χ3v) is 6.67. The minimum Gasteiger partial charge on any atom is -0.494 e. The molecule has 3 amide bonds. The zero-order valence-corrected chi connectivity index (χ0v) is 23.6. The van der Waals surface area contributed by atoms with Crippen molar-refractivity contribution in [3.8, 4) is 23.0 Å². The van der Waals surface area contributed by atoms with Crippen molar-refractivity contribution in [3.63, 3.8) is 0 Å². The average molecular weight is 609 g/mol. The van der Waals surface area contributed by atoms with E-state index >= 15 is 0 Å². The topological polar surface area (TPSA) is 180 Å². The maximum atomic E-state index is 13.0. The molecule has 14 nitrogen and oxygen atoms in total. The van der Waals surface area contributed by atoms with Crippen molar-refractivity contribution >= 4 is 52.0 Å². The molecule has 0 atom stereocenters. The van der Waals surface area contributed by atoms with Crippen LogP contribution in [-0.2, 0) is 9.59 Å². The van der Waals surface area contributed by atoms with Gasteiger partial charge in [0.25, 0.3) is 16.8 Å². The molecule has 3 aromatic rings. The van der Waals surface area contributed by atoms with Crippen molar-refractivity contribution in [3.05, 3.63) is 91.4 Å². The largest absolute Gasteiger partial charge is 0.494 e. The van der Waals surface area contributed by atoms with E-state index in [1.807, 2.05) is 6.92 Å². The van der Waals surface area contributed by atoms with Gasteiger partial charge in [-0.1, -0.05) is 6.07 Å². The van der Waals surface area contributed by atoms with Gasteiger partial charge in [0.05, 0.1) is 34.0 Å². The fourth-order valence-electron chi connectivity index (χ4n) is 3.87. The first-order chi connectivity index (χ1) is 20.6. The van der Waals surface area contributed by atoms with Crippen LogP contribution in [0.5, 0.6) is 23.0 Å². The van der Waals surface area contributed by atoms with Gasteiger partial charge in [-0.15, -0.1) is 0 Å². The van der Waals surface area contributed by atoms with Gasteiger partial charge in [0.1, 0.15) is 12.3 Å². The number of nitrogens with one attached hydrogen (secondary N) is 1. The summed E-state index contributed by atoms with van der Waals surface area (Å²) in [5.41, 5.74) is -0.165. The molecule has 1 saturated heterocycles. The molecule has 1 aliphatic rings. The van der Waals surface area contributed by atoms with Crippen LogP contribution >= 0.6 is 11.8 Å². The Kier molecular flexibility index (Phi) is 9.57. The van der Waals surface area contributed by atoms with Crippen molar-refractivity contribution in [2.24, 2.45) is 0 Å². The Morgan fingerprint density at radius 3 is 2.26 bits per heavy atom. The van der Waals surface area contributed by atoms with Gasteiger partial charge in [-0.3, -0.25) is 39.5 Å². The van der Waals surface area contributed by atoms with Gasteiger partial charge in [-0.05, 0) is 79.7 Å². The van der Waals surface area contributed by atoms with Crippen molar-refractivity contribution < 1.29 is 38.4 Å². The number of nitro benzene ring substituents is 2. The summed E-state index contributed by atoms with van der Waals surface area (Å²) >= 11 is 0.667. The van der Waals surface area contributed by atoms with Gasteiger partial charge < -0.3 is 19.5 Å².